The van der Waals surface area contributed by atoms with Crippen LogP contribution in [-0.2, 0) is 6.18 Å². The number of hydrazone groups is 1. The average Bonchev–Trinajstić information content (AvgIpc) is 3.09. The third-order valence-electron chi connectivity index (χ3n) is 3.33. The molecule has 132 valence electrons. The number of amides is 1. The fraction of sp³-hybridized carbons (Fsp3) is 0.0588. The van der Waals surface area contributed by atoms with Crippen molar-refractivity contribution in [1.82, 2.24) is 20.2 Å². The van der Waals surface area contributed by atoms with Gasteiger partial charge in [0.2, 0.25) is 0 Å². The van der Waals surface area contributed by atoms with Crippen LogP contribution in [0.3, 0.4) is 0 Å². The molecular formula is C17H12F3N5O. The normalized spacial score (nSPS) is 11.7. The summed E-state index contributed by atoms with van der Waals surface area (Å²) in [6.45, 7) is 0. The maximum Gasteiger partial charge on any atom is 0.434 e. The highest BCUT2D eigenvalue weighted by molar-refractivity contribution is 5.96. The lowest BCUT2D eigenvalue weighted by Crippen LogP contribution is -2.23. The van der Waals surface area contributed by atoms with Crippen LogP contribution in [0.2, 0.25) is 0 Å². The quantitative estimate of drug-likeness (QED) is 0.575. The molecule has 1 aromatic carbocycles. The average molecular weight is 359 g/mol. The number of nitrogens with one attached hydrogen (secondary N) is 1. The van der Waals surface area contributed by atoms with Crippen LogP contribution in [0.25, 0.3) is 5.69 Å². The van der Waals surface area contributed by atoms with Gasteiger partial charge in [-0.3, -0.25) is 9.78 Å². The second kappa shape index (κ2) is 7.18. The SMILES string of the molecule is O=C(NN=Cc1ccccn1)c1cnn(-c2ccccc2)c1C(F)(F)F. The molecule has 6 nitrogen and oxygen atoms in total. The topological polar surface area (TPSA) is 72.2 Å². The van der Waals surface area contributed by atoms with E-state index in [-0.39, 0.29) is 5.69 Å². The minimum atomic E-state index is -4.77. The Morgan fingerprint density at radius 3 is 2.50 bits per heavy atom. The van der Waals surface area contributed by atoms with E-state index in [1.54, 1.807) is 36.4 Å². The Morgan fingerprint density at radius 1 is 1.12 bits per heavy atom. The molecule has 9 heteroatoms. The number of carbonyl (C=O) groups excluding carboxylic acids is 1. The summed E-state index contributed by atoms with van der Waals surface area (Å²) in [5.41, 5.74) is 0.903. The van der Waals surface area contributed by atoms with Crippen LogP contribution >= 0.6 is 0 Å². The lowest BCUT2D eigenvalue weighted by atomic mass is 10.2. The number of benzene rings is 1. The van der Waals surface area contributed by atoms with E-state index in [1.807, 2.05) is 0 Å². The van der Waals surface area contributed by atoms with Gasteiger partial charge in [-0.05, 0) is 24.3 Å². The predicted molar refractivity (Wildman–Crippen MR) is 87.9 cm³/mol. The van der Waals surface area contributed by atoms with Gasteiger partial charge < -0.3 is 0 Å². The minimum Gasteiger partial charge on any atom is -0.267 e. The number of pyridine rings is 1. The molecule has 1 N–H and O–H groups in total. The Morgan fingerprint density at radius 2 is 1.85 bits per heavy atom. The van der Waals surface area contributed by atoms with Crippen LogP contribution in [0.4, 0.5) is 13.2 Å². The maximum atomic E-state index is 13.5. The van der Waals surface area contributed by atoms with Gasteiger partial charge in [-0.1, -0.05) is 24.3 Å². The van der Waals surface area contributed by atoms with E-state index in [9.17, 15) is 18.0 Å². The monoisotopic (exact) mass is 359 g/mol. The smallest absolute Gasteiger partial charge is 0.267 e. The molecule has 2 aromatic heterocycles. The summed E-state index contributed by atoms with van der Waals surface area (Å²) in [7, 11) is 0. The molecule has 0 atom stereocenters. The van der Waals surface area contributed by atoms with Crippen molar-refractivity contribution in [3.05, 3.63) is 77.9 Å². The first-order valence-electron chi connectivity index (χ1n) is 7.42. The van der Waals surface area contributed by atoms with Crippen molar-refractivity contribution >= 4 is 12.1 Å². The number of carbonyl (C=O) groups is 1. The molecule has 0 bridgehead atoms. The van der Waals surface area contributed by atoms with Gasteiger partial charge >= 0.3 is 6.18 Å². The first-order valence-corrected chi connectivity index (χ1v) is 7.42. The van der Waals surface area contributed by atoms with E-state index in [0.717, 1.165) is 6.20 Å². The second-order valence-corrected chi connectivity index (χ2v) is 5.11. The van der Waals surface area contributed by atoms with E-state index < -0.39 is 23.3 Å². The van der Waals surface area contributed by atoms with E-state index in [2.05, 4.69) is 20.6 Å². The number of rotatable bonds is 4. The molecule has 1 amide bonds. The van der Waals surface area contributed by atoms with Gasteiger partial charge in [-0.2, -0.15) is 23.4 Å². The van der Waals surface area contributed by atoms with Crippen molar-refractivity contribution < 1.29 is 18.0 Å². The Balaban J connectivity index is 1.89. The molecule has 0 saturated carbocycles. The second-order valence-electron chi connectivity index (χ2n) is 5.11. The molecule has 0 spiro atoms. The van der Waals surface area contributed by atoms with Crippen LogP contribution < -0.4 is 5.43 Å². The van der Waals surface area contributed by atoms with Gasteiger partial charge in [0.05, 0.1) is 29.4 Å². The largest absolute Gasteiger partial charge is 0.434 e. The van der Waals surface area contributed by atoms with Crippen LogP contribution in [0.15, 0.2) is 66.0 Å². The summed E-state index contributed by atoms with van der Waals surface area (Å²) < 4.78 is 41.1. The van der Waals surface area contributed by atoms with Gasteiger partial charge in [0.1, 0.15) is 0 Å². The molecule has 0 aliphatic carbocycles. The van der Waals surface area contributed by atoms with E-state index in [0.29, 0.717) is 10.4 Å². The Bertz CT molecular complexity index is 921. The van der Waals surface area contributed by atoms with Gasteiger partial charge in [-0.25, -0.2) is 10.1 Å². The van der Waals surface area contributed by atoms with Crippen LogP contribution in [0, 0.1) is 0 Å². The van der Waals surface area contributed by atoms with Crippen molar-refractivity contribution in [2.45, 2.75) is 6.18 Å². The maximum absolute atomic E-state index is 13.5. The van der Waals surface area contributed by atoms with Gasteiger partial charge in [0, 0.05) is 6.20 Å². The van der Waals surface area contributed by atoms with Gasteiger partial charge in [0.25, 0.3) is 5.91 Å². The zero-order chi connectivity index (χ0) is 18.6. The number of halogens is 3. The molecular weight excluding hydrogens is 347 g/mol. The molecule has 3 rings (SSSR count). The molecule has 0 aliphatic heterocycles. The summed E-state index contributed by atoms with van der Waals surface area (Å²) in [4.78, 5) is 16.1. The summed E-state index contributed by atoms with van der Waals surface area (Å²) in [6.07, 6.45) is -1.16. The first-order chi connectivity index (χ1) is 12.5. The molecule has 0 saturated heterocycles. The number of hydrogen-bond acceptors (Lipinski definition) is 4. The van der Waals surface area contributed by atoms with Crippen molar-refractivity contribution in [3.63, 3.8) is 0 Å². The van der Waals surface area contributed by atoms with Crippen molar-refractivity contribution in [2.75, 3.05) is 0 Å². The molecule has 0 unspecified atom stereocenters. The molecule has 0 fully saturated rings. The highest BCUT2D eigenvalue weighted by Crippen LogP contribution is 2.33. The van der Waals surface area contributed by atoms with Crippen LogP contribution in [0.5, 0.6) is 0 Å². The highest BCUT2D eigenvalue weighted by Gasteiger charge is 2.40. The number of alkyl halides is 3. The minimum absolute atomic E-state index is 0.191. The molecule has 26 heavy (non-hydrogen) atoms. The molecule has 3 aromatic rings. The van der Waals surface area contributed by atoms with Crippen molar-refractivity contribution in [2.24, 2.45) is 5.10 Å². The van der Waals surface area contributed by atoms with E-state index in [4.69, 9.17) is 0 Å². The number of hydrogen-bond donors (Lipinski definition) is 1. The van der Waals surface area contributed by atoms with Gasteiger partial charge in [0.15, 0.2) is 5.69 Å². The fourth-order valence-corrected chi connectivity index (χ4v) is 2.22. The zero-order valence-electron chi connectivity index (χ0n) is 13.2. The summed E-state index contributed by atoms with van der Waals surface area (Å²) in [6, 6.07) is 12.8. The lowest BCUT2D eigenvalue weighted by Gasteiger charge is -2.12. The Labute approximate surface area is 146 Å². The van der Waals surface area contributed by atoms with E-state index >= 15 is 0 Å². The third-order valence-corrected chi connectivity index (χ3v) is 3.33. The third kappa shape index (κ3) is 3.77. The first kappa shape index (κ1) is 17.3. The standard InChI is InChI=1S/C17H12F3N5O/c18-17(19,20)15-14(11-23-25(15)13-7-2-1-3-8-13)16(26)24-22-10-12-6-4-5-9-21-12/h1-11H,(H,24,26). The van der Waals surface area contributed by atoms with Crippen LogP contribution in [0.1, 0.15) is 21.7 Å². The van der Waals surface area contributed by atoms with E-state index in [1.165, 1.54) is 24.5 Å². The van der Waals surface area contributed by atoms with Crippen molar-refractivity contribution in [1.29, 1.82) is 0 Å². The van der Waals surface area contributed by atoms with Gasteiger partial charge in [-0.15, -0.1) is 0 Å². The zero-order valence-corrected chi connectivity index (χ0v) is 13.2. The summed E-state index contributed by atoms with van der Waals surface area (Å²) in [5, 5.41) is 7.34. The Hall–Kier alpha value is -3.49. The predicted octanol–water partition coefficient (Wildman–Crippen LogP) is 3.05. The van der Waals surface area contributed by atoms with Crippen LogP contribution in [-0.4, -0.2) is 26.9 Å². The van der Waals surface area contributed by atoms with Crippen molar-refractivity contribution in [3.8, 4) is 5.69 Å². The molecule has 0 radical (unpaired) electrons. The lowest BCUT2D eigenvalue weighted by molar-refractivity contribution is -0.143. The highest BCUT2D eigenvalue weighted by atomic mass is 19.4. The number of aromatic nitrogens is 3. The number of para-hydroxylation sites is 1. The fourth-order valence-electron chi connectivity index (χ4n) is 2.22. The molecule has 0 aliphatic rings. The Kier molecular flexibility index (Phi) is 4.78. The molecule has 2 heterocycles. The number of nitrogens with zero attached hydrogens (tertiary/aromatic N) is 4. The summed E-state index contributed by atoms with van der Waals surface area (Å²) in [5.74, 6) is -1.02. The summed E-state index contributed by atoms with van der Waals surface area (Å²) >= 11 is 0.